The average molecular weight is 462 g/mol. The van der Waals surface area contributed by atoms with E-state index < -0.39 is 27.3 Å². The maximum atomic E-state index is 15.0. The molecule has 2 N–H and O–H groups in total. The molecule has 0 unspecified atom stereocenters. The van der Waals surface area contributed by atoms with Crippen LogP contribution in [0.1, 0.15) is 32.8 Å². The van der Waals surface area contributed by atoms with Crippen LogP contribution in [0.2, 0.25) is 5.02 Å². The molecule has 0 aliphatic carbocycles. The summed E-state index contributed by atoms with van der Waals surface area (Å²) in [6.07, 6.45) is 3.37. The van der Waals surface area contributed by atoms with Gasteiger partial charge in [0, 0.05) is 29.6 Å². The van der Waals surface area contributed by atoms with E-state index in [9.17, 15) is 8.94 Å². The minimum Gasteiger partial charge on any atom is -0.616 e. The highest BCUT2D eigenvalue weighted by atomic mass is 35.5. The van der Waals surface area contributed by atoms with Crippen molar-refractivity contribution < 1.29 is 13.5 Å². The zero-order valence-corrected chi connectivity index (χ0v) is 18.8. The molecular weight excluding hydrogens is 441 g/mol. The number of nitrogens with two attached hydrogens (primary N) is 1. The number of aromatic nitrogens is 3. The van der Waals surface area contributed by atoms with Gasteiger partial charge in [0.15, 0.2) is 27.9 Å². The molecule has 10 heteroatoms. The van der Waals surface area contributed by atoms with E-state index in [0.717, 1.165) is 0 Å². The second-order valence-corrected chi connectivity index (χ2v) is 10.3. The first kappa shape index (κ1) is 21.7. The van der Waals surface area contributed by atoms with Crippen LogP contribution in [0.25, 0.3) is 22.8 Å². The third kappa shape index (κ3) is 3.81. The van der Waals surface area contributed by atoms with Gasteiger partial charge in [-0.1, -0.05) is 23.7 Å². The fraction of sp³-hybridized carbons (Fsp3) is 0.333. The number of hydrogen-bond acceptors (Lipinski definition) is 7. The van der Waals surface area contributed by atoms with E-state index >= 15 is 0 Å². The minimum absolute atomic E-state index is 0.178. The smallest absolute Gasteiger partial charge is 0.181 e. The lowest BCUT2D eigenvalue weighted by molar-refractivity contribution is 0.426. The Bertz CT molecular complexity index is 1150. The Morgan fingerprint density at radius 2 is 1.97 bits per heavy atom. The second-order valence-electron chi connectivity index (χ2n) is 7.88. The highest BCUT2D eigenvalue weighted by Crippen LogP contribution is 2.41. The van der Waals surface area contributed by atoms with Crippen LogP contribution >= 0.6 is 11.6 Å². The number of benzene rings is 1. The van der Waals surface area contributed by atoms with Gasteiger partial charge in [0.25, 0.3) is 0 Å². The van der Waals surface area contributed by atoms with Crippen LogP contribution < -0.4 is 5.73 Å². The van der Waals surface area contributed by atoms with Crippen molar-refractivity contribution in [2.75, 3.05) is 5.75 Å². The average Bonchev–Trinajstić information content (AvgIpc) is 3.23. The van der Waals surface area contributed by atoms with Crippen molar-refractivity contribution >= 4 is 28.6 Å². The van der Waals surface area contributed by atoms with E-state index in [2.05, 4.69) is 20.1 Å². The molecule has 0 amide bonds. The van der Waals surface area contributed by atoms with Gasteiger partial charge in [-0.15, -0.1) is 0 Å². The van der Waals surface area contributed by atoms with Crippen LogP contribution in [0.4, 0.5) is 4.39 Å². The Morgan fingerprint density at radius 3 is 2.61 bits per heavy atom. The summed E-state index contributed by atoms with van der Waals surface area (Å²) in [7, 11) is 0. The lowest BCUT2D eigenvalue weighted by Crippen LogP contribution is -2.55. The highest BCUT2D eigenvalue weighted by molar-refractivity contribution is 7.93. The third-order valence-electron chi connectivity index (χ3n) is 5.59. The molecule has 31 heavy (non-hydrogen) atoms. The molecule has 1 aliphatic rings. The molecule has 1 aliphatic heterocycles. The first-order valence-corrected chi connectivity index (χ1v) is 11.4. The van der Waals surface area contributed by atoms with Gasteiger partial charge in [-0.2, -0.15) is 0 Å². The number of amidine groups is 1. The summed E-state index contributed by atoms with van der Waals surface area (Å²) in [5.74, 6) is 0.757. The van der Waals surface area contributed by atoms with Crippen LogP contribution in [0, 0.1) is 5.82 Å². The van der Waals surface area contributed by atoms with Crippen molar-refractivity contribution in [3.05, 3.63) is 53.1 Å². The van der Waals surface area contributed by atoms with Gasteiger partial charge in [-0.3, -0.25) is 4.99 Å². The van der Waals surface area contributed by atoms with Gasteiger partial charge in [-0.25, -0.2) is 14.4 Å². The Hall–Kier alpha value is -2.49. The minimum atomic E-state index is -1.32. The molecule has 162 valence electrons. The largest absolute Gasteiger partial charge is 0.616 e. The summed E-state index contributed by atoms with van der Waals surface area (Å²) in [5.41, 5.74) is 6.47. The quantitative estimate of drug-likeness (QED) is 0.585. The molecule has 7 nitrogen and oxygen atoms in total. The summed E-state index contributed by atoms with van der Waals surface area (Å²) in [4.78, 5) is 12.9. The molecular formula is C21H21ClFN5O2S. The van der Waals surface area contributed by atoms with E-state index in [1.54, 1.807) is 32.0 Å². The van der Waals surface area contributed by atoms with Gasteiger partial charge in [0.05, 0.1) is 5.02 Å². The topological polar surface area (TPSA) is 113 Å². The van der Waals surface area contributed by atoms with Crippen LogP contribution in [-0.4, -0.2) is 36.0 Å². The van der Waals surface area contributed by atoms with E-state index in [1.807, 2.05) is 6.92 Å². The van der Waals surface area contributed by atoms with E-state index in [0.29, 0.717) is 39.8 Å². The summed E-state index contributed by atoms with van der Waals surface area (Å²) in [6, 6.07) is 6.25. The molecule has 2 atom stereocenters. The molecule has 3 heterocycles. The Kier molecular flexibility index (Phi) is 5.53. The number of rotatable bonds is 4. The molecule has 1 aromatic carbocycles. The standard InChI is InChI=1S/C21H21ClFN5O2S/c1-4-21(11-31(29)20(2,3)19(24)27-21)14-7-12(5-6-15(14)23)17-8-16(28-30-17)18-25-9-13(22)10-26-18/h5-10H,4,11H2,1-3H3,(H2,24,27)/t21-,31+/m0/s1. The van der Waals surface area contributed by atoms with Gasteiger partial charge >= 0.3 is 0 Å². The van der Waals surface area contributed by atoms with Crippen molar-refractivity contribution in [2.45, 2.75) is 37.5 Å². The zero-order valence-electron chi connectivity index (χ0n) is 17.2. The molecule has 3 aromatic rings. The number of halogens is 2. The van der Waals surface area contributed by atoms with Crippen molar-refractivity contribution in [3.8, 4) is 22.8 Å². The summed E-state index contributed by atoms with van der Waals surface area (Å²) in [5, 5.41) is 4.42. The Balaban J connectivity index is 1.76. The van der Waals surface area contributed by atoms with Crippen LogP contribution in [-0.2, 0) is 16.7 Å². The predicted molar refractivity (Wildman–Crippen MR) is 119 cm³/mol. The first-order chi connectivity index (χ1) is 14.7. The predicted octanol–water partition coefficient (Wildman–Crippen LogP) is 4.09. The van der Waals surface area contributed by atoms with Crippen molar-refractivity contribution in [1.29, 1.82) is 0 Å². The molecule has 0 radical (unpaired) electrons. The number of aliphatic imine (C=N–C) groups is 1. The molecule has 0 bridgehead atoms. The zero-order chi connectivity index (χ0) is 22.4. The van der Waals surface area contributed by atoms with Gasteiger partial charge in [-0.05, 0) is 49.6 Å². The highest BCUT2D eigenvalue weighted by Gasteiger charge is 2.50. The van der Waals surface area contributed by atoms with Crippen molar-refractivity contribution in [2.24, 2.45) is 10.7 Å². The molecule has 2 aromatic heterocycles. The summed E-state index contributed by atoms with van der Waals surface area (Å²) >= 11 is 4.51. The number of hydrogen-bond donors (Lipinski definition) is 1. The second kappa shape index (κ2) is 7.89. The SMILES string of the molecule is CC[C@@]1(c2cc(-c3cc(-c4ncc(Cl)cn4)no3)ccc2F)C[S@@+]([O-])C(C)(C)C(N)=N1. The third-order valence-corrected chi connectivity index (χ3v) is 7.87. The fourth-order valence-corrected chi connectivity index (χ4v) is 5.01. The molecule has 0 fully saturated rings. The van der Waals surface area contributed by atoms with Crippen molar-refractivity contribution in [3.63, 3.8) is 0 Å². The summed E-state index contributed by atoms with van der Waals surface area (Å²) < 4.78 is 32.6. The van der Waals surface area contributed by atoms with E-state index in [1.165, 1.54) is 18.5 Å². The van der Waals surface area contributed by atoms with Crippen molar-refractivity contribution in [1.82, 2.24) is 15.1 Å². The van der Waals surface area contributed by atoms with Crippen LogP contribution in [0.3, 0.4) is 0 Å². The van der Waals surface area contributed by atoms with E-state index in [-0.39, 0.29) is 11.6 Å². The number of nitrogens with zero attached hydrogens (tertiary/aromatic N) is 4. The molecule has 0 saturated carbocycles. The Labute approximate surface area is 187 Å². The molecule has 0 saturated heterocycles. The Morgan fingerprint density at radius 1 is 1.26 bits per heavy atom. The lowest BCUT2D eigenvalue weighted by Gasteiger charge is -2.41. The van der Waals surface area contributed by atoms with Gasteiger partial charge < -0.3 is 14.8 Å². The fourth-order valence-electron chi connectivity index (χ4n) is 3.42. The normalized spacial score (nSPS) is 22.9. The monoisotopic (exact) mass is 461 g/mol. The van der Waals surface area contributed by atoms with Gasteiger partial charge in [0.1, 0.15) is 17.1 Å². The summed E-state index contributed by atoms with van der Waals surface area (Å²) in [6.45, 7) is 5.44. The molecule has 4 rings (SSSR count). The first-order valence-electron chi connectivity index (χ1n) is 9.65. The maximum Gasteiger partial charge on any atom is 0.181 e. The maximum absolute atomic E-state index is 15.0. The molecule has 0 spiro atoms. The van der Waals surface area contributed by atoms with E-state index in [4.69, 9.17) is 21.9 Å². The van der Waals surface area contributed by atoms with Crippen LogP contribution in [0.15, 0.2) is 46.2 Å². The van der Waals surface area contributed by atoms with Crippen LogP contribution in [0.5, 0.6) is 0 Å². The lowest BCUT2D eigenvalue weighted by atomic mass is 9.87. The van der Waals surface area contributed by atoms with Gasteiger partial charge in [0.2, 0.25) is 0 Å².